The zero-order valence-corrected chi connectivity index (χ0v) is 21.7. The van der Waals surface area contributed by atoms with E-state index in [0.717, 1.165) is 5.56 Å². The number of benzene rings is 1. The zero-order valence-electron chi connectivity index (χ0n) is 21.7. The largest absolute Gasteiger partial charge is 0.444 e. The van der Waals surface area contributed by atoms with E-state index in [1.54, 1.807) is 20.8 Å². The fourth-order valence-corrected chi connectivity index (χ4v) is 4.09. The van der Waals surface area contributed by atoms with Crippen LogP contribution < -0.4 is 27.4 Å². The van der Waals surface area contributed by atoms with Gasteiger partial charge in [0.1, 0.15) is 23.7 Å². The minimum Gasteiger partial charge on any atom is -0.444 e. The SMILES string of the molecule is CC(C)(C)OC(=O)N[C@H](Cc1ccccc1)C(=O)N1CCC[C@H]1C(=O)N[C@@H](CCCNC(=N)N)C(N)=O. The van der Waals surface area contributed by atoms with Crippen LogP contribution in [-0.4, -0.2) is 71.5 Å². The van der Waals surface area contributed by atoms with E-state index in [1.165, 1.54) is 4.90 Å². The van der Waals surface area contributed by atoms with Gasteiger partial charge in [-0.3, -0.25) is 19.8 Å². The summed E-state index contributed by atoms with van der Waals surface area (Å²) in [6.07, 6.45) is 1.20. The number of hydrogen-bond donors (Lipinski definition) is 6. The molecule has 37 heavy (non-hydrogen) atoms. The van der Waals surface area contributed by atoms with Crippen molar-refractivity contribution in [3.05, 3.63) is 35.9 Å². The Morgan fingerprint density at radius 2 is 1.78 bits per heavy atom. The lowest BCUT2D eigenvalue weighted by Crippen LogP contribution is -2.56. The topological polar surface area (TPSA) is 193 Å². The second kappa shape index (κ2) is 13.5. The Morgan fingerprint density at radius 3 is 2.38 bits per heavy atom. The molecule has 3 atom stereocenters. The number of primary amides is 1. The number of hydrogen-bond acceptors (Lipinski definition) is 6. The number of nitrogens with zero attached hydrogens (tertiary/aromatic N) is 1. The molecule has 12 heteroatoms. The van der Waals surface area contributed by atoms with E-state index < -0.39 is 47.5 Å². The van der Waals surface area contributed by atoms with E-state index in [9.17, 15) is 19.2 Å². The Kier molecular flexibility index (Phi) is 10.7. The minimum atomic E-state index is -0.949. The number of carbonyl (C=O) groups is 4. The van der Waals surface area contributed by atoms with Crippen LogP contribution in [0.4, 0.5) is 4.79 Å². The fraction of sp³-hybridized carbons (Fsp3) is 0.560. The Hall–Kier alpha value is -3.83. The lowest BCUT2D eigenvalue weighted by Gasteiger charge is -2.30. The first-order valence-electron chi connectivity index (χ1n) is 12.4. The standard InChI is InChI=1S/C25H39N7O5/c1-25(2,3)37-24(36)31-18(15-16-9-5-4-6-10-16)22(35)32-14-8-12-19(32)21(34)30-17(20(26)33)11-7-13-29-23(27)28/h4-6,9-10,17-19H,7-8,11-15H2,1-3H3,(H2,26,33)(H,30,34)(H,31,36)(H4,27,28,29)/t17-,18+,19-/m0/s1. The van der Waals surface area contributed by atoms with Crippen LogP contribution in [0.5, 0.6) is 0 Å². The first-order valence-corrected chi connectivity index (χ1v) is 12.4. The van der Waals surface area contributed by atoms with Gasteiger partial charge in [0, 0.05) is 19.5 Å². The number of nitrogens with two attached hydrogens (primary N) is 2. The molecule has 1 heterocycles. The molecule has 0 bridgehead atoms. The van der Waals surface area contributed by atoms with Crippen LogP contribution in [-0.2, 0) is 25.5 Å². The van der Waals surface area contributed by atoms with Gasteiger partial charge >= 0.3 is 6.09 Å². The average molecular weight is 518 g/mol. The summed E-state index contributed by atoms with van der Waals surface area (Å²) in [6.45, 7) is 5.87. The van der Waals surface area contributed by atoms with Crippen molar-refractivity contribution in [3.8, 4) is 0 Å². The molecule has 1 aliphatic heterocycles. The number of guanidine groups is 1. The highest BCUT2D eigenvalue weighted by Gasteiger charge is 2.39. The summed E-state index contributed by atoms with van der Waals surface area (Å²) in [7, 11) is 0. The summed E-state index contributed by atoms with van der Waals surface area (Å²) >= 11 is 0. The van der Waals surface area contributed by atoms with Gasteiger partial charge in [-0.25, -0.2) is 4.79 Å². The summed E-state index contributed by atoms with van der Waals surface area (Å²) in [5, 5.41) is 15.1. The lowest BCUT2D eigenvalue weighted by atomic mass is 10.0. The van der Waals surface area contributed by atoms with Gasteiger partial charge in [0.2, 0.25) is 17.7 Å². The Labute approximate surface area is 217 Å². The average Bonchev–Trinajstić information content (AvgIpc) is 3.29. The molecule has 0 unspecified atom stereocenters. The van der Waals surface area contributed by atoms with Gasteiger partial charge in [0.05, 0.1) is 0 Å². The molecule has 1 aromatic rings. The molecule has 1 fully saturated rings. The monoisotopic (exact) mass is 517 g/mol. The molecule has 1 aliphatic rings. The number of nitrogens with one attached hydrogen (secondary N) is 4. The Balaban J connectivity index is 2.12. The molecule has 204 valence electrons. The quantitative estimate of drug-likeness (QED) is 0.138. The van der Waals surface area contributed by atoms with Crippen molar-refractivity contribution < 1.29 is 23.9 Å². The van der Waals surface area contributed by atoms with E-state index in [-0.39, 0.29) is 18.8 Å². The number of alkyl carbamates (subject to hydrolysis) is 1. The summed E-state index contributed by atoms with van der Waals surface area (Å²) < 4.78 is 5.36. The summed E-state index contributed by atoms with van der Waals surface area (Å²) in [5.41, 5.74) is 10.8. The molecule has 0 aliphatic carbocycles. The highest BCUT2D eigenvalue weighted by atomic mass is 16.6. The molecule has 0 aromatic heterocycles. The molecule has 4 amide bonds. The number of amides is 4. The van der Waals surface area contributed by atoms with Crippen LogP contribution in [0.25, 0.3) is 0 Å². The Bertz CT molecular complexity index is 964. The lowest BCUT2D eigenvalue weighted by molar-refractivity contribution is -0.140. The van der Waals surface area contributed by atoms with Crippen LogP contribution in [0.1, 0.15) is 52.0 Å². The van der Waals surface area contributed by atoms with Crippen LogP contribution in [0.15, 0.2) is 30.3 Å². The highest BCUT2D eigenvalue weighted by molar-refractivity contribution is 5.94. The van der Waals surface area contributed by atoms with Gasteiger partial charge < -0.3 is 37.1 Å². The van der Waals surface area contributed by atoms with E-state index in [2.05, 4.69) is 16.0 Å². The zero-order chi connectivity index (χ0) is 27.6. The van der Waals surface area contributed by atoms with Crippen molar-refractivity contribution in [3.63, 3.8) is 0 Å². The van der Waals surface area contributed by atoms with Crippen LogP contribution in [0, 0.1) is 5.41 Å². The second-order valence-corrected chi connectivity index (χ2v) is 10.0. The summed E-state index contributed by atoms with van der Waals surface area (Å²) in [4.78, 5) is 52.6. The molecule has 8 N–H and O–H groups in total. The smallest absolute Gasteiger partial charge is 0.408 e. The van der Waals surface area contributed by atoms with Gasteiger partial charge in [-0.1, -0.05) is 30.3 Å². The van der Waals surface area contributed by atoms with Crippen molar-refractivity contribution in [1.29, 1.82) is 5.41 Å². The van der Waals surface area contributed by atoms with E-state index in [4.69, 9.17) is 21.6 Å². The number of carbonyl (C=O) groups excluding carboxylic acids is 4. The molecule has 0 saturated carbocycles. The van der Waals surface area contributed by atoms with Gasteiger partial charge in [0.25, 0.3) is 0 Å². The van der Waals surface area contributed by atoms with E-state index in [0.29, 0.717) is 32.4 Å². The van der Waals surface area contributed by atoms with Crippen LogP contribution in [0.3, 0.4) is 0 Å². The van der Waals surface area contributed by atoms with E-state index in [1.807, 2.05) is 30.3 Å². The van der Waals surface area contributed by atoms with Crippen LogP contribution >= 0.6 is 0 Å². The first-order chi connectivity index (χ1) is 17.4. The van der Waals surface area contributed by atoms with Crippen molar-refractivity contribution in [2.24, 2.45) is 11.5 Å². The predicted octanol–water partition coefficient (Wildman–Crippen LogP) is 0.347. The number of rotatable bonds is 11. The molecule has 0 spiro atoms. The van der Waals surface area contributed by atoms with Gasteiger partial charge in [-0.05, 0) is 52.0 Å². The van der Waals surface area contributed by atoms with Crippen molar-refractivity contribution >= 4 is 29.8 Å². The normalized spacial score (nSPS) is 16.8. The maximum absolute atomic E-state index is 13.6. The maximum atomic E-state index is 13.6. The van der Waals surface area contributed by atoms with Gasteiger partial charge in [0.15, 0.2) is 5.96 Å². The van der Waals surface area contributed by atoms with E-state index >= 15 is 0 Å². The van der Waals surface area contributed by atoms with Crippen LogP contribution in [0.2, 0.25) is 0 Å². The third-order valence-electron chi connectivity index (χ3n) is 5.76. The Morgan fingerprint density at radius 1 is 1.11 bits per heavy atom. The molecule has 1 saturated heterocycles. The summed E-state index contributed by atoms with van der Waals surface area (Å²) in [5.74, 6) is -1.77. The number of likely N-dealkylation sites (tertiary alicyclic amines) is 1. The summed E-state index contributed by atoms with van der Waals surface area (Å²) in [6, 6.07) is 6.55. The first kappa shape index (κ1) is 29.4. The number of ether oxygens (including phenoxy) is 1. The molecule has 12 nitrogen and oxygen atoms in total. The van der Waals surface area contributed by atoms with Gasteiger partial charge in [-0.15, -0.1) is 0 Å². The fourth-order valence-electron chi connectivity index (χ4n) is 4.09. The second-order valence-electron chi connectivity index (χ2n) is 10.0. The molecular formula is C25H39N7O5. The molecule has 2 rings (SSSR count). The third-order valence-corrected chi connectivity index (χ3v) is 5.76. The van der Waals surface area contributed by atoms with Crippen molar-refractivity contribution in [2.75, 3.05) is 13.1 Å². The molecule has 1 aromatic carbocycles. The van der Waals surface area contributed by atoms with Crippen molar-refractivity contribution in [1.82, 2.24) is 20.9 Å². The highest BCUT2D eigenvalue weighted by Crippen LogP contribution is 2.20. The minimum absolute atomic E-state index is 0.190. The third kappa shape index (κ3) is 9.98. The van der Waals surface area contributed by atoms with Crippen molar-refractivity contribution in [2.45, 2.75) is 76.6 Å². The predicted molar refractivity (Wildman–Crippen MR) is 138 cm³/mol. The molecular weight excluding hydrogens is 478 g/mol. The molecule has 0 radical (unpaired) electrons. The maximum Gasteiger partial charge on any atom is 0.408 e. The van der Waals surface area contributed by atoms with Gasteiger partial charge in [-0.2, -0.15) is 0 Å².